The highest BCUT2D eigenvalue weighted by Crippen LogP contribution is 2.20. The summed E-state index contributed by atoms with van der Waals surface area (Å²) in [7, 11) is 0. The molecule has 14 heavy (non-hydrogen) atoms. The van der Waals surface area contributed by atoms with Crippen LogP contribution in [0.15, 0.2) is 24.4 Å². The molecule has 0 aliphatic heterocycles. The number of aromatic amines is 1. The second-order valence-corrected chi connectivity index (χ2v) is 3.35. The maximum atomic E-state index is 4.16. The summed E-state index contributed by atoms with van der Waals surface area (Å²) in [6.07, 6.45) is 1.68. The van der Waals surface area contributed by atoms with Gasteiger partial charge in [0.15, 0.2) is 0 Å². The van der Waals surface area contributed by atoms with Gasteiger partial charge in [0, 0.05) is 5.56 Å². The molecule has 3 rings (SSSR count). The van der Waals surface area contributed by atoms with Gasteiger partial charge in [0.05, 0.1) is 17.9 Å². The summed E-state index contributed by atoms with van der Waals surface area (Å²) in [5.41, 5.74) is 3.64. The number of fused-ring (bicyclic) bond motifs is 1. The molecule has 1 N–H and O–H groups in total. The van der Waals surface area contributed by atoms with E-state index in [1.54, 1.807) is 6.20 Å². The first-order valence-electron chi connectivity index (χ1n) is 4.02. The third-order valence-corrected chi connectivity index (χ3v) is 2.52. The second-order valence-electron chi connectivity index (χ2n) is 2.82. The molecule has 0 fully saturated rings. The van der Waals surface area contributed by atoms with Crippen molar-refractivity contribution in [1.29, 1.82) is 0 Å². The highest BCUT2D eigenvalue weighted by molar-refractivity contribution is 7.00. The molecule has 2 heterocycles. The zero-order valence-corrected chi connectivity index (χ0v) is 7.82. The quantitative estimate of drug-likeness (QED) is 0.650. The summed E-state index contributed by atoms with van der Waals surface area (Å²) in [5, 5.41) is 10.3. The maximum absolute atomic E-state index is 4.16. The van der Waals surface area contributed by atoms with Crippen molar-refractivity contribution in [2.24, 2.45) is 0 Å². The molecular weight excluding hydrogens is 198 g/mol. The number of H-pyrrole nitrogens is 1. The molecule has 2 aromatic heterocycles. The van der Waals surface area contributed by atoms with Crippen molar-refractivity contribution in [2.45, 2.75) is 0 Å². The fourth-order valence-electron chi connectivity index (χ4n) is 1.28. The number of hydrogen-bond acceptors (Lipinski definition) is 5. The fourth-order valence-corrected chi connectivity index (χ4v) is 1.80. The number of rotatable bonds is 1. The van der Waals surface area contributed by atoms with Crippen LogP contribution in [0.1, 0.15) is 0 Å². The van der Waals surface area contributed by atoms with E-state index in [-0.39, 0.29) is 0 Å². The molecule has 0 radical (unpaired) electrons. The van der Waals surface area contributed by atoms with E-state index in [1.165, 1.54) is 11.7 Å². The molecule has 0 amide bonds. The van der Waals surface area contributed by atoms with Crippen molar-refractivity contribution in [1.82, 2.24) is 24.2 Å². The van der Waals surface area contributed by atoms with Crippen LogP contribution >= 0.6 is 11.7 Å². The third kappa shape index (κ3) is 1.08. The van der Waals surface area contributed by atoms with Gasteiger partial charge < -0.3 is 0 Å². The smallest absolute Gasteiger partial charge is 0.112 e. The number of nitrogens with zero attached hydrogens (tertiary/aromatic N) is 4. The summed E-state index contributed by atoms with van der Waals surface area (Å²) < 4.78 is 8.29. The van der Waals surface area contributed by atoms with Gasteiger partial charge in [0.25, 0.3) is 0 Å². The zero-order chi connectivity index (χ0) is 9.38. The number of aromatic nitrogens is 5. The maximum Gasteiger partial charge on any atom is 0.112 e. The summed E-state index contributed by atoms with van der Waals surface area (Å²) >= 11 is 1.21. The van der Waals surface area contributed by atoms with Gasteiger partial charge in [-0.1, -0.05) is 6.07 Å². The molecule has 0 bridgehead atoms. The van der Waals surface area contributed by atoms with Crippen molar-refractivity contribution in [3.05, 3.63) is 24.4 Å². The Morgan fingerprint density at radius 1 is 1.14 bits per heavy atom. The number of nitrogens with one attached hydrogen (secondary N) is 1. The monoisotopic (exact) mass is 203 g/mol. The molecule has 3 aromatic rings. The zero-order valence-electron chi connectivity index (χ0n) is 7.01. The van der Waals surface area contributed by atoms with Crippen LogP contribution in [0, 0.1) is 0 Å². The summed E-state index contributed by atoms with van der Waals surface area (Å²) in [5.74, 6) is 0. The van der Waals surface area contributed by atoms with E-state index in [9.17, 15) is 0 Å². The highest BCUT2D eigenvalue weighted by atomic mass is 32.1. The fraction of sp³-hybridized carbons (Fsp3) is 0. The lowest BCUT2D eigenvalue weighted by Gasteiger charge is -1.93. The van der Waals surface area contributed by atoms with Crippen LogP contribution in [0.4, 0.5) is 0 Å². The van der Waals surface area contributed by atoms with Gasteiger partial charge in [-0.25, -0.2) is 0 Å². The Labute approximate surface area is 83.1 Å². The standard InChI is InChI=1S/C8H5N5S/c1-2-6-7(12-14-11-6)3-5(1)8-4-9-13-10-8/h1-4H,(H,9,10,13). The Morgan fingerprint density at radius 3 is 2.93 bits per heavy atom. The lowest BCUT2D eigenvalue weighted by molar-refractivity contribution is 0.942. The first kappa shape index (κ1) is 7.57. The molecule has 0 aliphatic carbocycles. The SMILES string of the molecule is c1cc2nsnc2cc1-c1cn[nH]n1. The van der Waals surface area contributed by atoms with Crippen molar-refractivity contribution in [3.8, 4) is 11.3 Å². The van der Waals surface area contributed by atoms with E-state index in [2.05, 4.69) is 24.2 Å². The van der Waals surface area contributed by atoms with E-state index in [1.807, 2.05) is 18.2 Å². The molecule has 0 atom stereocenters. The first-order valence-corrected chi connectivity index (χ1v) is 4.75. The summed E-state index contributed by atoms with van der Waals surface area (Å²) in [6.45, 7) is 0. The molecule has 0 saturated carbocycles. The third-order valence-electron chi connectivity index (χ3n) is 1.96. The van der Waals surface area contributed by atoms with Gasteiger partial charge >= 0.3 is 0 Å². The predicted octanol–water partition coefficient (Wildman–Crippen LogP) is 1.48. The van der Waals surface area contributed by atoms with E-state index in [4.69, 9.17) is 0 Å². The minimum Gasteiger partial charge on any atom is -0.197 e. The van der Waals surface area contributed by atoms with Crippen LogP contribution in [0.2, 0.25) is 0 Å². The van der Waals surface area contributed by atoms with Crippen LogP contribution in [0.5, 0.6) is 0 Å². The van der Waals surface area contributed by atoms with Crippen LogP contribution in [0.3, 0.4) is 0 Å². The lowest BCUT2D eigenvalue weighted by atomic mass is 10.1. The molecule has 0 unspecified atom stereocenters. The molecule has 0 aliphatic rings. The number of hydrogen-bond donors (Lipinski definition) is 1. The predicted molar refractivity (Wildman–Crippen MR) is 52.8 cm³/mol. The minimum absolute atomic E-state index is 0.819. The van der Waals surface area contributed by atoms with E-state index < -0.39 is 0 Å². The lowest BCUT2D eigenvalue weighted by Crippen LogP contribution is -1.78. The summed E-state index contributed by atoms with van der Waals surface area (Å²) in [6, 6.07) is 5.85. The Balaban J connectivity index is 2.23. The van der Waals surface area contributed by atoms with Crippen LogP contribution in [0.25, 0.3) is 22.3 Å². The van der Waals surface area contributed by atoms with Crippen molar-refractivity contribution < 1.29 is 0 Å². The molecule has 6 heteroatoms. The average molecular weight is 203 g/mol. The number of benzene rings is 1. The van der Waals surface area contributed by atoms with Crippen LogP contribution in [-0.4, -0.2) is 24.2 Å². The molecule has 5 nitrogen and oxygen atoms in total. The van der Waals surface area contributed by atoms with E-state index in [0.29, 0.717) is 0 Å². The molecule has 1 aromatic carbocycles. The molecule has 0 spiro atoms. The van der Waals surface area contributed by atoms with Gasteiger partial charge in [-0.3, -0.25) is 0 Å². The van der Waals surface area contributed by atoms with Gasteiger partial charge in [-0.2, -0.15) is 24.2 Å². The second kappa shape index (κ2) is 2.85. The van der Waals surface area contributed by atoms with Crippen LogP contribution in [-0.2, 0) is 0 Å². The van der Waals surface area contributed by atoms with Crippen molar-refractivity contribution in [3.63, 3.8) is 0 Å². The minimum atomic E-state index is 0.819. The molecule has 68 valence electrons. The van der Waals surface area contributed by atoms with Crippen LogP contribution < -0.4 is 0 Å². The molecule has 0 saturated heterocycles. The van der Waals surface area contributed by atoms with Gasteiger partial charge in [-0.05, 0) is 12.1 Å². The Bertz CT molecular complexity index is 556. The largest absolute Gasteiger partial charge is 0.197 e. The Morgan fingerprint density at radius 2 is 2.07 bits per heavy atom. The van der Waals surface area contributed by atoms with E-state index >= 15 is 0 Å². The normalized spacial score (nSPS) is 10.9. The summed E-state index contributed by atoms with van der Waals surface area (Å²) in [4.78, 5) is 0. The topological polar surface area (TPSA) is 67.3 Å². The average Bonchev–Trinajstić information content (AvgIpc) is 2.88. The highest BCUT2D eigenvalue weighted by Gasteiger charge is 2.03. The van der Waals surface area contributed by atoms with Gasteiger partial charge in [0.2, 0.25) is 0 Å². The Hall–Kier alpha value is -1.82. The van der Waals surface area contributed by atoms with Crippen molar-refractivity contribution in [2.75, 3.05) is 0 Å². The Kier molecular flexibility index (Phi) is 1.54. The first-order chi connectivity index (χ1) is 6.93. The van der Waals surface area contributed by atoms with Gasteiger partial charge in [0.1, 0.15) is 16.7 Å². The van der Waals surface area contributed by atoms with Gasteiger partial charge in [-0.15, -0.1) is 0 Å². The molecular formula is C8H5N5S. The van der Waals surface area contributed by atoms with Crippen molar-refractivity contribution >= 4 is 22.8 Å². The van der Waals surface area contributed by atoms with E-state index in [0.717, 1.165) is 22.3 Å².